The first-order valence-electron chi connectivity index (χ1n) is 4.29. The van der Waals surface area contributed by atoms with Gasteiger partial charge in [0.15, 0.2) is 0 Å². The van der Waals surface area contributed by atoms with Crippen LogP contribution in [0.3, 0.4) is 0 Å². The van der Waals surface area contributed by atoms with Crippen LogP contribution < -0.4 is 0 Å². The number of rotatable bonds is 3. The van der Waals surface area contributed by atoms with Gasteiger partial charge < -0.3 is 4.90 Å². The molecule has 0 unspecified atom stereocenters. The summed E-state index contributed by atoms with van der Waals surface area (Å²) in [7, 11) is 3.77. The zero-order chi connectivity index (χ0) is 11.4. The van der Waals surface area contributed by atoms with Gasteiger partial charge in [-0.05, 0) is 23.9 Å². The van der Waals surface area contributed by atoms with Gasteiger partial charge in [0.2, 0.25) is 0 Å². The lowest BCUT2D eigenvalue weighted by Gasteiger charge is -2.04. The maximum Gasteiger partial charge on any atom is 0.270 e. The fourth-order valence-electron chi connectivity index (χ4n) is 0.994. The van der Waals surface area contributed by atoms with Gasteiger partial charge in [0, 0.05) is 26.2 Å². The molecule has 0 aliphatic rings. The molecule has 15 heavy (non-hydrogen) atoms. The van der Waals surface area contributed by atoms with E-state index in [1.54, 1.807) is 12.1 Å². The van der Waals surface area contributed by atoms with Gasteiger partial charge in [0.25, 0.3) is 5.69 Å². The molecule has 0 fully saturated rings. The molecule has 1 aromatic rings. The molecule has 5 heteroatoms. The number of hydrogen-bond acceptors (Lipinski definition) is 3. The Kier molecular flexibility index (Phi) is 3.68. The molecular weight excluding hydrogens is 216 g/mol. The number of hydrogen-bond donors (Lipinski definition) is 0. The zero-order valence-electron chi connectivity index (χ0n) is 8.48. The van der Waals surface area contributed by atoms with Gasteiger partial charge in [-0.2, -0.15) is 0 Å². The summed E-state index contributed by atoms with van der Waals surface area (Å²) < 4.78 is 0. The van der Waals surface area contributed by atoms with Crippen LogP contribution in [-0.2, 0) is 0 Å². The topological polar surface area (TPSA) is 46.4 Å². The number of halogens is 1. The van der Waals surface area contributed by atoms with Crippen molar-refractivity contribution in [1.29, 1.82) is 0 Å². The highest BCUT2D eigenvalue weighted by atomic mass is 35.5. The van der Waals surface area contributed by atoms with Crippen molar-refractivity contribution in [2.45, 2.75) is 0 Å². The van der Waals surface area contributed by atoms with Crippen LogP contribution in [0.15, 0.2) is 24.4 Å². The van der Waals surface area contributed by atoms with E-state index in [1.807, 2.05) is 25.2 Å². The minimum absolute atomic E-state index is 0.00185. The first kappa shape index (κ1) is 11.5. The number of nitro groups is 1. The van der Waals surface area contributed by atoms with Gasteiger partial charge in [-0.1, -0.05) is 11.6 Å². The van der Waals surface area contributed by atoms with Crippen LogP contribution >= 0.6 is 11.6 Å². The third-order valence-electron chi connectivity index (χ3n) is 1.75. The molecule has 0 aromatic heterocycles. The molecule has 0 N–H and O–H groups in total. The lowest BCUT2D eigenvalue weighted by molar-refractivity contribution is -0.384. The fourth-order valence-corrected chi connectivity index (χ4v) is 1.23. The Morgan fingerprint density at radius 2 is 2.13 bits per heavy atom. The standard InChI is InChI=1S/C10H11ClN2O2/c1-12(2)6-5-8-3-4-9(13(14)15)7-10(8)11/h3-7H,1-2H3/b6-5+. The van der Waals surface area contributed by atoms with Crippen molar-refractivity contribution >= 4 is 23.4 Å². The van der Waals surface area contributed by atoms with Crippen LogP contribution in [0.2, 0.25) is 5.02 Å². The van der Waals surface area contributed by atoms with Gasteiger partial charge in [-0.3, -0.25) is 10.1 Å². The summed E-state index contributed by atoms with van der Waals surface area (Å²) in [5, 5.41) is 10.8. The number of benzene rings is 1. The van der Waals surface area contributed by atoms with Crippen LogP contribution in [0.4, 0.5) is 5.69 Å². The summed E-state index contributed by atoms with van der Waals surface area (Å²) in [6, 6.07) is 4.40. The van der Waals surface area contributed by atoms with Crippen molar-refractivity contribution in [1.82, 2.24) is 4.90 Å². The van der Waals surface area contributed by atoms with E-state index < -0.39 is 4.92 Å². The first-order chi connectivity index (χ1) is 7.00. The average Bonchev–Trinajstić information content (AvgIpc) is 2.15. The molecule has 0 bridgehead atoms. The van der Waals surface area contributed by atoms with Gasteiger partial charge >= 0.3 is 0 Å². The molecule has 0 radical (unpaired) electrons. The second-order valence-electron chi connectivity index (χ2n) is 3.24. The molecule has 0 aliphatic heterocycles. The molecule has 1 aromatic carbocycles. The van der Waals surface area contributed by atoms with E-state index in [-0.39, 0.29) is 5.69 Å². The second kappa shape index (κ2) is 4.79. The Bertz CT molecular complexity index is 402. The van der Waals surface area contributed by atoms with E-state index >= 15 is 0 Å². The minimum Gasteiger partial charge on any atom is -0.383 e. The van der Waals surface area contributed by atoms with Crippen LogP contribution in [-0.4, -0.2) is 23.9 Å². The molecule has 0 spiro atoms. The predicted octanol–water partition coefficient (Wildman–Crippen LogP) is 2.78. The molecule has 0 heterocycles. The van der Waals surface area contributed by atoms with Gasteiger partial charge in [0.05, 0.1) is 9.95 Å². The van der Waals surface area contributed by atoms with Crippen molar-refractivity contribution in [3.05, 3.63) is 45.1 Å². The number of nitrogens with zero attached hydrogens (tertiary/aromatic N) is 2. The van der Waals surface area contributed by atoms with Crippen LogP contribution in [0.1, 0.15) is 5.56 Å². The second-order valence-corrected chi connectivity index (χ2v) is 3.65. The third kappa shape index (κ3) is 3.25. The Morgan fingerprint density at radius 1 is 1.47 bits per heavy atom. The number of non-ortho nitro benzene ring substituents is 1. The molecule has 0 atom stereocenters. The predicted molar refractivity (Wildman–Crippen MR) is 60.8 cm³/mol. The molecule has 1 rings (SSSR count). The third-order valence-corrected chi connectivity index (χ3v) is 2.07. The van der Waals surface area contributed by atoms with Crippen LogP contribution in [0.25, 0.3) is 6.08 Å². The molecule has 80 valence electrons. The van der Waals surface area contributed by atoms with E-state index in [0.717, 1.165) is 5.56 Å². The normalized spacial score (nSPS) is 10.6. The summed E-state index contributed by atoms with van der Waals surface area (Å²) in [5.74, 6) is 0. The van der Waals surface area contributed by atoms with Crippen molar-refractivity contribution in [2.75, 3.05) is 14.1 Å². The Hall–Kier alpha value is -1.55. The summed E-state index contributed by atoms with van der Waals surface area (Å²) >= 11 is 5.88. The monoisotopic (exact) mass is 226 g/mol. The zero-order valence-corrected chi connectivity index (χ0v) is 9.23. The highest BCUT2D eigenvalue weighted by molar-refractivity contribution is 6.32. The van der Waals surface area contributed by atoms with Gasteiger partial charge in [-0.15, -0.1) is 0 Å². The lowest BCUT2D eigenvalue weighted by atomic mass is 10.2. The Labute approximate surface area is 92.9 Å². The first-order valence-corrected chi connectivity index (χ1v) is 4.67. The summed E-state index contributed by atoms with van der Waals surface area (Å²) in [6.07, 6.45) is 3.62. The maximum absolute atomic E-state index is 10.5. The van der Waals surface area contributed by atoms with Crippen molar-refractivity contribution in [3.63, 3.8) is 0 Å². The highest BCUT2D eigenvalue weighted by Crippen LogP contribution is 2.23. The largest absolute Gasteiger partial charge is 0.383 e. The number of nitro benzene ring substituents is 1. The molecule has 0 aliphatic carbocycles. The molecule has 0 saturated carbocycles. The van der Waals surface area contributed by atoms with E-state index in [0.29, 0.717) is 5.02 Å². The fraction of sp³-hybridized carbons (Fsp3) is 0.200. The van der Waals surface area contributed by atoms with E-state index in [1.165, 1.54) is 12.1 Å². The Balaban J connectivity index is 2.98. The summed E-state index contributed by atoms with van der Waals surface area (Å²) in [4.78, 5) is 11.8. The smallest absolute Gasteiger partial charge is 0.270 e. The quantitative estimate of drug-likeness (QED) is 0.588. The molecule has 4 nitrogen and oxygen atoms in total. The Morgan fingerprint density at radius 3 is 2.60 bits per heavy atom. The van der Waals surface area contributed by atoms with Crippen LogP contribution in [0, 0.1) is 10.1 Å². The lowest BCUT2D eigenvalue weighted by Crippen LogP contribution is -1.99. The highest BCUT2D eigenvalue weighted by Gasteiger charge is 2.07. The van der Waals surface area contributed by atoms with Crippen LogP contribution in [0.5, 0.6) is 0 Å². The van der Waals surface area contributed by atoms with Crippen molar-refractivity contribution < 1.29 is 4.92 Å². The molecule has 0 amide bonds. The van der Waals surface area contributed by atoms with E-state index in [9.17, 15) is 10.1 Å². The maximum atomic E-state index is 10.5. The van der Waals surface area contributed by atoms with E-state index in [4.69, 9.17) is 11.6 Å². The average molecular weight is 227 g/mol. The molecule has 0 saturated heterocycles. The van der Waals surface area contributed by atoms with Gasteiger partial charge in [0.1, 0.15) is 0 Å². The van der Waals surface area contributed by atoms with Gasteiger partial charge in [-0.25, -0.2) is 0 Å². The SMILES string of the molecule is CN(C)/C=C/c1ccc([N+](=O)[O-])cc1Cl. The van der Waals surface area contributed by atoms with E-state index in [2.05, 4.69) is 0 Å². The summed E-state index contributed by atoms with van der Waals surface area (Å²) in [6.45, 7) is 0. The minimum atomic E-state index is -0.467. The van der Waals surface area contributed by atoms with Crippen molar-refractivity contribution in [2.24, 2.45) is 0 Å². The van der Waals surface area contributed by atoms with Crippen molar-refractivity contribution in [3.8, 4) is 0 Å². The molecular formula is C10H11ClN2O2. The summed E-state index contributed by atoms with van der Waals surface area (Å²) in [5.41, 5.74) is 0.762.